The largest absolute Gasteiger partial charge is 0.463 e. The predicted octanol–water partition coefficient (Wildman–Crippen LogP) is 1.70. The lowest BCUT2D eigenvalue weighted by Gasteiger charge is -2.05. The Hall–Kier alpha value is -1.95. The molecular weight excluding hydrogens is 255 g/mol. The van der Waals surface area contributed by atoms with E-state index in [9.17, 15) is 14.0 Å². The lowest BCUT2D eigenvalue weighted by atomic mass is 10.3. The molecule has 0 aliphatic carbocycles. The fourth-order valence-corrected chi connectivity index (χ4v) is 1.22. The Labute approximate surface area is 110 Å². The second-order valence-electron chi connectivity index (χ2n) is 3.62. The molecule has 0 amide bonds. The second-order valence-corrected chi connectivity index (χ2v) is 3.62. The first-order chi connectivity index (χ1) is 9.13. The van der Waals surface area contributed by atoms with E-state index >= 15 is 0 Å². The first-order valence-electron chi connectivity index (χ1n) is 5.73. The highest BCUT2D eigenvalue weighted by Gasteiger charge is 2.12. The van der Waals surface area contributed by atoms with Gasteiger partial charge < -0.3 is 14.2 Å². The van der Waals surface area contributed by atoms with Gasteiger partial charge in [0.1, 0.15) is 6.61 Å². The Morgan fingerprint density at radius 2 is 1.79 bits per heavy atom. The summed E-state index contributed by atoms with van der Waals surface area (Å²) in [6.45, 7) is 0.434. The van der Waals surface area contributed by atoms with Gasteiger partial charge in [0, 0.05) is 7.11 Å². The molecule has 0 spiro atoms. The summed E-state index contributed by atoms with van der Waals surface area (Å²) in [5.41, 5.74) is 0. The fraction of sp³-hybridized carbons (Fsp3) is 0.385. The van der Waals surface area contributed by atoms with E-state index < -0.39 is 17.8 Å². The highest BCUT2D eigenvalue weighted by atomic mass is 19.1. The highest BCUT2D eigenvalue weighted by molar-refractivity contribution is 5.79. The number of para-hydroxylation sites is 1. The monoisotopic (exact) mass is 270 g/mol. The summed E-state index contributed by atoms with van der Waals surface area (Å²) >= 11 is 0. The van der Waals surface area contributed by atoms with Gasteiger partial charge in [-0.25, -0.2) is 4.39 Å². The molecule has 0 saturated carbocycles. The van der Waals surface area contributed by atoms with Crippen LogP contribution in [0.5, 0.6) is 5.75 Å². The second kappa shape index (κ2) is 8.20. The molecule has 0 aromatic heterocycles. The van der Waals surface area contributed by atoms with Crippen molar-refractivity contribution in [1.82, 2.24) is 0 Å². The van der Waals surface area contributed by atoms with Crippen molar-refractivity contribution >= 4 is 11.9 Å². The quantitative estimate of drug-likeness (QED) is 0.429. The molecule has 0 radical (unpaired) electrons. The Morgan fingerprint density at radius 3 is 2.47 bits per heavy atom. The van der Waals surface area contributed by atoms with Crippen LogP contribution in [-0.2, 0) is 19.1 Å². The molecule has 0 atom stereocenters. The third-order valence-corrected chi connectivity index (χ3v) is 2.14. The van der Waals surface area contributed by atoms with Gasteiger partial charge in [-0.3, -0.25) is 9.59 Å². The standard InChI is InChI=1S/C13H15FO5/c1-17-8-9-18-12(15)6-7-13(16)19-11-5-3-2-4-10(11)14/h2-5H,6-9H2,1H3. The normalized spacial score (nSPS) is 10.0. The number of hydrogen-bond acceptors (Lipinski definition) is 5. The Balaban J connectivity index is 2.28. The van der Waals surface area contributed by atoms with Gasteiger partial charge in [-0.2, -0.15) is 0 Å². The number of halogens is 1. The summed E-state index contributed by atoms with van der Waals surface area (Å²) in [6.07, 6.45) is -0.281. The van der Waals surface area contributed by atoms with Crippen molar-refractivity contribution in [3.8, 4) is 5.75 Å². The number of carbonyl (C=O) groups excluding carboxylic acids is 2. The first-order valence-corrected chi connectivity index (χ1v) is 5.73. The number of methoxy groups -OCH3 is 1. The van der Waals surface area contributed by atoms with E-state index in [1.165, 1.54) is 25.3 Å². The molecule has 1 aromatic carbocycles. The van der Waals surface area contributed by atoms with Crippen LogP contribution in [0, 0.1) is 5.82 Å². The van der Waals surface area contributed by atoms with Crippen molar-refractivity contribution in [2.24, 2.45) is 0 Å². The summed E-state index contributed by atoms with van der Waals surface area (Å²) in [7, 11) is 1.49. The third-order valence-electron chi connectivity index (χ3n) is 2.14. The molecule has 0 N–H and O–H groups in total. The minimum Gasteiger partial charge on any atom is -0.463 e. The van der Waals surface area contributed by atoms with E-state index in [4.69, 9.17) is 14.2 Å². The van der Waals surface area contributed by atoms with Crippen LogP contribution in [0.3, 0.4) is 0 Å². The number of carbonyl (C=O) groups is 2. The van der Waals surface area contributed by atoms with Gasteiger partial charge in [0.25, 0.3) is 0 Å². The third kappa shape index (κ3) is 5.96. The first kappa shape index (κ1) is 15.1. The van der Waals surface area contributed by atoms with Gasteiger partial charge in [-0.15, -0.1) is 0 Å². The maximum atomic E-state index is 13.2. The van der Waals surface area contributed by atoms with Gasteiger partial charge in [0.15, 0.2) is 11.6 Å². The van der Waals surface area contributed by atoms with Crippen molar-refractivity contribution in [2.75, 3.05) is 20.3 Å². The number of rotatable bonds is 7. The van der Waals surface area contributed by atoms with Gasteiger partial charge >= 0.3 is 11.9 Å². The molecule has 0 aliphatic rings. The van der Waals surface area contributed by atoms with Crippen LogP contribution in [0.1, 0.15) is 12.8 Å². The summed E-state index contributed by atoms with van der Waals surface area (Å²) in [5, 5.41) is 0. The molecule has 19 heavy (non-hydrogen) atoms. The summed E-state index contributed by atoms with van der Waals surface area (Å²) in [4.78, 5) is 22.6. The predicted molar refractivity (Wildman–Crippen MR) is 64.1 cm³/mol. The van der Waals surface area contributed by atoms with E-state index in [0.29, 0.717) is 6.61 Å². The molecule has 0 fully saturated rings. The molecule has 1 aromatic rings. The van der Waals surface area contributed by atoms with Crippen LogP contribution in [0.4, 0.5) is 4.39 Å². The summed E-state index contributed by atoms with van der Waals surface area (Å²) < 4.78 is 27.4. The van der Waals surface area contributed by atoms with Crippen molar-refractivity contribution in [2.45, 2.75) is 12.8 Å². The number of hydrogen-bond donors (Lipinski definition) is 0. The highest BCUT2D eigenvalue weighted by Crippen LogP contribution is 2.16. The van der Waals surface area contributed by atoms with Crippen LogP contribution in [0.25, 0.3) is 0 Å². The average molecular weight is 270 g/mol. The fourth-order valence-electron chi connectivity index (χ4n) is 1.22. The molecule has 0 bridgehead atoms. The van der Waals surface area contributed by atoms with Crippen LogP contribution >= 0.6 is 0 Å². The van der Waals surface area contributed by atoms with E-state index in [-0.39, 0.29) is 25.2 Å². The van der Waals surface area contributed by atoms with Gasteiger partial charge in [-0.05, 0) is 12.1 Å². The van der Waals surface area contributed by atoms with Crippen LogP contribution in [-0.4, -0.2) is 32.3 Å². The van der Waals surface area contributed by atoms with Gasteiger partial charge in [0.2, 0.25) is 0 Å². The van der Waals surface area contributed by atoms with Crippen molar-refractivity contribution in [3.63, 3.8) is 0 Å². The Morgan fingerprint density at radius 1 is 1.11 bits per heavy atom. The smallest absolute Gasteiger partial charge is 0.311 e. The van der Waals surface area contributed by atoms with E-state index in [2.05, 4.69) is 0 Å². The lowest BCUT2D eigenvalue weighted by Crippen LogP contribution is -2.14. The zero-order valence-corrected chi connectivity index (χ0v) is 10.6. The minimum absolute atomic E-state index is 0.114. The molecular formula is C13H15FO5. The van der Waals surface area contributed by atoms with E-state index in [1.54, 1.807) is 6.07 Å². The van der Waals surface area contributed by atoms with Crippen molar-refractivity contribution in [3.05, 3.63) is 30.1 Å². The lowest BCUT2D eigenvalue weighted by molar-refractivity contribution is -0.148. The van der Waals surface area contributed by atoms with Crippen LogP contribution in [0.15, 0.2) is 24.3 Å². The molecule has 0 saturated heterocycles. The molecule has 5 nitrogen and oxygen atoms in total. The molecule has 6 heteroatoms. The molecule has 0 aliphatic heterocycles. The van der Waals surface area contributed by atoms with E-state index in [0.717, 1.165) is 0 Å². The maximum absolute atomic E-state index is 13.2. The van der Waals surface area contributed by atoms with Gasteiger partial charge in [0.05, 0.1) is 19.4 Å². The minimum atomic E-state index is -0.686. The average Bonchev–Trinajstić information content (AvgIpc) is 2.39. The zero-order chi connectivity index (χ0) is 14.1. The van der Waals surface area contributed by atoms with Crippen LogP contribution < -0.4 is 4.74 Å². The topological polar surface area (TPSA) is 61.8 Å². The number of ether oxygens (including phenoxy) is 3. The Kier molecular flexibility index (Phi) is 6.52. The number of benzene rings is 1. The van der Waals surface area contributed by atoms with E-state index in [1.807, 2.05) is 0 Å². The SMILES string of the molecule is COCCOC(=O)CCC(=O)Oc1ccccc1F. The molecule has 0 heterocycles. The van der Waals surface area contributed by atoms with Crippen molar-refractivity contribution < 1.29 is 28.2 Å². The Bertz CT molecular complexity index is 433. The zero-order valence-electron chi connectivity index (χ0n) is 10.6. The summed E-state index contributed by atoms with van der Waals surface area (Å²) in [6, 6.07) is 5.55. The molecule has 0 unspecified atom stereocenters. The molecule has 104 valence electrons. The van der Waals surface area contributed by atoms with Crippen LogP contribution in [0.2, 0.25) is 0 Å². The maximum Gasteiger partial charge on any atom is 0.311 e. The molecule has 1 rings (SSSR count). The van der Waals surface area contributed by atoms with Crippen molar-refractivity contribution in [1.29, 1.82) is 0 Å². The van der Waals surface area contributed by atoms with Gasteiger partial charge in [-0.1, -0.05) is 12.1 Å². The summed E-state index contributed by atoms with van der Waals surface area (Å²) in [5.74, 6) is -1.99. The number of esters is 2.